The number of aryl methyl sites for hydroxylation is 1. The summed E-state index contributed by atoms with van der Waals surface area (Å²) in [7, 11) is 3.18. The highest BCUT2D eigenvalue weighted by Gasteiger charge is 2.38. The summed E-state index contributed by atoms with van der Waals surface area (Å²) < 4.78 is 34.8. The van der Waals surface area contributed by atoms with Crippen LogP contribution in [0.15, 0.2) is 69.9 Å². The monoisotopic (exact) mass is 668 g/mol. The molecule has 4 aromatic rings. The van der Waals surface area contributed by atoms with Crippen LogP contribution in [0.1, 0.15) is 54.4 Å². The highest BCUT2D eigenvalue weighted by Crippen LogP contribution is 2.36. The predicted octanol–water partition coefficient (Wildman–Crippen LogP) is 6.61. The molecule has 0 spiro atoms. The van der Waals surface area contributed by atoms with Crippen molar-refractivity contribution in [2.75, 3.05) is 46.0 Å². The molecule has 49 heavy (non-hydrogen) atoms. The van der Waals surface area contributed by atoms with Gasteiger partial charge in [0, 0.05) is 53.4 Å². The molecule has 0 radical (unpaired) electrons. The fourth-order valence-electron chi connectivity index (χ4n) is 7.63. The van der Waals surface area contributed by atoms with Crippen molar-refractivity contribution >= 4 is 22.6 Å². The Hall–Kier alpha value is -4.38. The topological polar surface area (TPSA) is 109 Å². The SMILES string of the molecule is COc1cccc(-c2cc(C(=O)Nc3cc4ccc(OC5CCC(N(C6CCOC6)C6CCOC6)CC5)c(C)c4oc3=O)ccc2OC)c1. The van der Waals surface area contributed by atoms with Gasteiger partial charge in [0.2, 0.25) is 0 Å². The van der Waals surface area contributed by atoms with Gasteiger partial charge in [-0.3, -0.25) is 9.69 Å². The van der Waals surface area contributed by atoms with E-state index >= 15 is 0 Å². The van der Waals surface area contributed by atoms with Crippen molar-refractivity contribution in [2.45, 2.75) is 69.7 Å². The molecule has 1 amide bonds. The first-order chi connectivity index (χ1) is 23.9. The summed E-state index contributed by atoms with van der Waals surface area (Å²) in [6, 6.07) is 19.5. The number of amides is 1. The molecule has 7 rings (SSSR count). The zero-order valence-electron chi connectivity index (χ0n) is 28.4. The Balaban J connectivity index is 1.04. The molecular weight excluding hydrogens is 624 g/mol. The number of benzene rings is 3. The molecule has 3 aliphatic rings. The molecule has 2 aliphatic heterocycles. The fourth-order valence-corrected chi connectivity index (χ4v) is 7.63. The number of fused-ring (bicyclic) bond motifs is 1. The number of methoxy groups -OCH3 is 2. The summed E-state index contributed by atoms with van der Waals surface area (Å²) in [4.78, 5) is 29.2. The Bertz CT molecular complexity index is 1840. The zero-order valence-corrected chi connectivity index (χ0v) is 28.4. The molecule has 1 aromatic heterocycles. The van der Waals surface area contributed by atoms with Gasteiger partial charge in [-0.15, -0.1) is 0 Å². The maximum atomic E-state index is 13.4. The Morgan fingerprint density at radius 2 is 1.55 bits per heavy atom. The summed E-state index contributed by atoms with van der Waals surface area (Å²) in [6.07, 6.45) is 6.32. The summed E-state index contributed by atoms with van der Waals surface area (Å²) >= 11 is 0. The van der Waals surface area contributed by atoms with Crippen molar-refractivity contribution < 1.29 is 32.9 Å². The largest absolute Gasteiger partial charge is 0.497 e. The van der Waals surface area contributed by atoms with E-state index in [9.17, 15) is 9.59 Å². The normalized spacial score (nSPS) is 22.4. The lowest BCUT2D eigenvalue weighted by Gasteiger charge is -2.43. The van der Waals surface area contributed by atoms with E-state index in [1.807, 2.05) is 43.3 Å². The van der Waals surface area contributed by atoms with Crippen LogP contribution >= 0.6 is 0 Å². The Kier molecular flexibility index (Phi) is 9.89. The second kappa shape index (κ2) is 14.6. The van der Waals surface area contributed by atoms with E-state index in [4.69, 9.17) is 28.1 Å². The van der Waals surface area contributed by atoms with E-state index in [1.54, 1.807) is 38.5 Å². The third-order valence-electron chi connectivity index (χ3n) is 10.2. The molecule has 1 saturated carbocycles. The van der Waals surface area contributed by atoms with Crippen LogP contribution < -0.4 is 25.2 Å². The highest BCUT2D eigenvalue weighted by atomic mass is 16.5. The first kappa shape index (κ1) is 33.1. The smallest absolute Gasteiger partial charge is 0.360 e. The van der Waals surface area contributed by atoms with Gasteiger partial charge in [0.1, 0.15) is 28.5 Å². The molecule has 1 aliphatic carbocycles. The number of carbonyl (C=O) groups is 1. The van der Waals surface area contributed by atoms with Crippen LogP contribution in [-0.2, 0) is 9.47 Å². The first-order valence-electron chi connectivity index (χ1n) is 17.2. The average molecular weight is 669 g/mol. The van der Waals surface area contributed by atoms with E-state index in [0.29, 0.717) is 51.9 Å². The maximum absolute atomic E-state index is 13.4. The lowest BCUT2D eigenvalue weighted by Crippen LogP contribution is -2.52. The summed E-state index contributed by atoms with van der Waals surface area (Å²) in [5.74, 6) is 1.57. The summed E-state index contributed by atoms with van der Waals surface area (Å²) in [5.41, 5.74) is 2.57. The first-order valence-corrected chi connectivity index (χ1v) is 17.2. The van der Waals surface area contributed by atoms with Crippen LogP contribution in [0.4, 0.5) is 5.69 Å². The Morgan fingerprint density at radius 1 is 0.816 bits per heavy atom. The van der Waals surface area contributed by atoms with E-state index in [-0.39, 0.29) is 11.8 Å². The average Bonchev–Trinajstić information content (AvgIpc) is 3.87. The van der Waals surface area contributed by atoms with Crippen molar-refractivity contribution in [3.63, 3.8) is 0 Å². The minimum atomic E-state index is -0.630. The fraction of sp³-hybridized carbons (Fsp3) is 0.436. The van der Waals surface area contributed by atoms with Crippen molar-refractivity contribution in [2.24, 2.45) is 0 Å². The maximum Gasteiger partial charge on any atom is 0.360 e. The zero-order chi connectivity index (χ0) is 33.9. The van der Waals surface area contributed by atoms with Crippen LogP contribution in [0.25, 0.3) is 22.1 Å². The van der Waals surface area contributed by atoms with Gasteiger partial charge >= 0.3 is 5.63 Å². The minimum absolute atomic E-state index is 0.0625. The van der Waals surface area contributed by atoms with Gasteiger partial charge in [0.15, 0.2) is 0 Å². The summed E-state index contributed by atoms with van der Waals surface area (Å²) in [5, 5.41) is 3.45. The van der Waals surface area contributed by atoms with Gasteiger partial charge in [-0.05, 0) is 99.5 Å². The van der Waals surface area contributed by atoms with Crippen LogP contribution in [-0.4, -0.2) is 75.7 Å². The number of hydrogen-bond donors (Lipinski definition) is 1. The number of nitrogens with zero attached hydrogens (tertiary/aromatic N) is 1. The number of anilines is 1. The lowest BCUT2D eigenvalue weighted by molar-refractivity contribution is 0.0208. The van der Waals surface area contributed by atoms with E-state index < -0.39 is 11.5 Å². The van der Waals surface area contributed by atoms with Crippen LogP contribution in [0, 0.1) is 6.92 Å². The molecule has 10 nitrogen and oxygen atoms in total. The second-order valence-electron chi connectivity index (χ2n) is 13.2. The molecule has 0 bridgehead atoms. The standard InChI is InChI=1S/C39H44N2O8/c1-24-35(48-31-11-9-28(10-12-31)41(29-15-17-46-22-29)30-16-18-47-23-30)13-7-26-21-34(39(43)49-37(24)26)40-38(42)27-8-14-36(45-3)33(20-27)25-5-4-6-32(19-25)44-2/h4-8,13-14,19-21,28-31H,9-12,15-18,22-23H2,1-3H3,(H,40,42). The Labute approximate surface area is 286 Å². The van der Waals surface area contributed by atoms with Gasteiger partial charge in [0.05, 0.1) is 33.5 Å². The molecular formula is C39H44N2O8. The molecule has 1 N–H and O–H groups in total. The molecule has 258 valence electrons. The van der Waals surface area contributed by atoms with Crippen molar-refractivity contribution in [3.05, 3.63) is 82.2 Å². The molecule has 3 aromatic carbocycles. The van der Waals surface area contributed by atoms with E-state index in [0.717, 1.165) is 81.6 Å². The van der Waals surface area contributed by atoms with Gasteiger partial charge in [0.25, 0.3) is 5.91 Å². The number of rotatable bonds is 10. The third kappa shape index (κ3) is 7.04. The number of nitrogens with one attached hydrogen (secondary N) is 1. The number of hydrogen-bond acceptors (Lipinski definition) is 9. The molecule has 2 saturated heterocycles. The molecule has 10 heteroatoms. The van der Waals surface area contributed by atoms with Crippen LogP contribution in [0.5, 0.6) is 17.2 Å². The van der Waals surface area contributed by atoms with Gasteiger partial charge in [-0.2, -0.15) is 0 Å². The van der Waals surface area contributed by atoms with Crippen LogP contribution in [0.2, 0.25) is 0 Å². The Morgan fingerprint density at radius 3 is 2.22 bits per heavy atom. The van der Waals surface area contributed by atoms with Crippen molar-refractivity contribution in [1.29, 1.82) is 0 Å². The minimum Gasteiger partial charge on any atom is -0.497 e. The third-order valence-corrected chi connectivity index (χ3v) is 10.2. The van der Waals surface area contributed by atoms with E-state index in [2.05, 4.69) is 10.2 Å². The van der Waals surface area contributed by atoms with Gasteiger partial charge in [-0.1, -0.05) is 12.1 Å². The van der Waals surface area contributed by atoms with E-state index in [1.165, 1.54) is 0 Å². The van der Waals surface area contributed by atoms with Gasteiger partial charge < -0.3 is 33.4 Å². The molecule has 3 heterocycles. The van der Waals surface area contributed by atoms with Crippen molar-refractivity contribution in [3.8, 4) is 28.4 Å². The predicted molar refractivity (Wildman–Crippen MR) is 187 cm³/mol. The number of carbonyl (C=O) groups excluding carboxylic acids is 1. The van der Waals surface area contributed by atoms with Gasteiger partial charge in [-0.25, -0.2) is 4.79 Å². The quantitative estimate of drug-likeness (QED) is 0.187. The molecule has 2 atom stereocenters. The van der Waals surface area contributed by atoms with Crippen LogP contribution in [0.3, 0.4) is 0 Å². The van der Waals surface area contributed by atoms with Crippen molar-refractivity contribution in [1.82, 2.24) is 4.90 Å². The molecule has 3 fully saturated rings. The lowest BCUT2D eigenvalue weighted by atomic mass is 9.89. The molecule has 2 unspecified atom stereocenters. The summed E-state index contributed by atoms with van der Waals surface area (Å²) in [6.45, 7) is 5.21. The number of ether oxygens (including phenoxy) is 5. The second-order valence-corrected chi connectivity index (χ2v) is 13.2. The highest BCUT2D eigenvalue weighted by molar-refractivity contribution is 6.05.